The van der Waals surface area contributed by atoms with Gasteiger partial charge in [-0.15, -0.1) is 0 Å². The molecule has 0 aliphatic heterocycles. The Morgan fingerprint density at radius 1 is 0.500 bits per heavy atom. The summed E-state index contributed by atoms with van der Waals surface area (Å²) >= 11 is 0. The summed E-state index contributed by atoms with van der Waals surface area (Å²) in [4.78, 5) is 13.9. The lowest BCUT2D eigenvalue weighted by molar-refractivity contribution is 0.983. The zero-order valence-electron chi connectivity index (χ0n) is 17.9. The van der Waals surface area contributed by atoms with Crippen molar-refractivity contribution in [3.05, 3.63) is 137 Å². The van der Waals surface area contributed by atoms with Gasteiger partial charge in [-0.1, -0.05) is 109 Å². The molecule has 0 bridgehead atoms. The minimum atomic E-state index is -0.00594. The Morgan fingerprint density at radius 3 is 1.41 bits per heavy atom. The van der Waals surface area contributed by atoms with E-state index in [0.717, 1.165) is 44.8 Å². The third kappa shape index (κ3) is 3.46. The van der Waals surface area contributed by atoms with Crippen molar-refractivity contribution in [1.29, 1.82) is 0 Å². The van der Waals surface area contributed by atoms with Crippen LogP contribution in [0.1, 0.15) is 5.56 Å². The molecule has 0 spiro atoms. The highest BCUT2D eigenvalue weighted by molar-refractivity contribution is 5.95. The summed E-state index contributed by atoms with van der Waals surface area (Å²) in [6.07, 6.45) is 0. The molecule has 0 atom stereocenters. The van der Waals surface area contributed by atoms with Crippen molar-refractivity contribution in [2.75, 3.05) is 0 Å². The molecule has 0 radical (unpaired) electrons. The van der Waals surface area contributed by atoms with Crippen LogP contribution < -0.4 is 5.56 Å². The van der Waals surface area contributed by atoms with E-state index in [1.807, 2.05) is 96.4 Å². The molecule has 1 aromatic heterocycles. The Hall–Kier alpha value is -4.17. The lowest BCUT2D eigenvalue weighted by atomic mass is 9.88. The van der Waals surface area contributed by atoms with Gasteiger partial charge in [0.1, 0.15) is 0 Å². The maximum atomic E-state index is 13.9. The van der Waals surface area contributed by atoms with Crippen LogP contribution in [0.3, 0.4) is 0 Å². The fraction of sp³-hybridized carbons (Fsp3) is 0.0333. The summed E-state index contributed by atoms with van der Waals surface area (Å²) < 4.78 is 1.86. The quantitative estimate of drug-likeness (QED) is 0.307. The van der Waals surface area contributed by atoms with Gasteiger partial charge in [0.15, 0.2) is 0 Å². The largest absolute Gasteiger partial charge is 0.276 e. The van der Waals surface area contributed by atoms with E-state index >= 15 is 0 Å². The van der Waals surface area contributed by atoms with Gasteiger partial charge < -0.3 is 0 Å². The van der Waals surface area contributed by atoms with E-state index in [1.165, 1.54) is 0 Å². The Bertz CT molecular complexity index is 1400. The van der Waals surface area contributed by atoms with Crippen molar-refractivity contribution in [2.45, 2.75) is 6.92 Å². The first-order chi connectivity index (χ1) is 15.8. The Balaban J connectivity index is 2.02. The van der Waals surface area contributed by atoms with Gasteiger partial charge in [0, 0.05) is 22.4 Å². The number of aromatic nitrogens is 1. The molecule has 154 valence electrons. The Labute approximate surface area is 188 Å². The van der Waals surface area contributed by atoms with Crippen LogP contribution in [0.2, 0.25) is 0 Å². The van der Waals surface area contributed by atoms with Crippen molar-refractivity contribution < 1.29 is 0 Å². The van der Waals surface area contributed by atoms with E-state index in [9.17, 15) is 4.79 Å². The average Bonchev–Trinajstić information content (AvgIpc) is 2.87. The number of nitrogens with zero attached hydrogens (tertiary/aromatic N) is 1. The van der Waals surface area contributed by atoms with E-state index in [-0.39, 0.29) is 5.56 Å². The molecule has 0 unspecified atom stereocenters. The molecule has 0 N–H and O–H groups in total. The van der Waals surface area contributed by atoms with Crippen molar-refractivity contribution in [3.63, 3.8) is 0 Å². The predicted octanol–water partition coefficient (Wildman–Crippen LogP) is 7.15. The van der Waals surface area contributed by atoms with Gasteiger partial charge in [-0.25, -0.2) is 0 Å². The summed E-state index contributed by atoms with van der Waals surface area (Å²) in [5, 5.41) is 0. The first kappa shape index (κ1) is 19.8. The normalized spacial score (nSPS) is 10.8. The molecular weight excluding hydrogens is 390 g/mol. The highest BCUT2D eigenvalue weighted by Gasteiger charge is 2.23. The topological polar surface area (TPSA) is 22.0 Å². The standard InChI is InChI=1S/C30H23NO/c1-22-27(23-14-6-2-7-15-23)28(24-16-8-3-9-17-24)29(25-18-10-4-11-19-25)31(30(22)32)26-20-12-5-13-21-26/h2-21H,1H3. The predicted molar refractivity (Wildman–Crippen MR) is 133 cm³/mol. The van der Waals surface area contributed by atoms with Gasteiger partial charge in [-0.2, -0.15) is 0 Å². The molecule has 2 nitrogen and oxygen atoms in total. The molecular formula is C30H23NO. The zero-order chi connectivity index (χ0) is 21.9. The van der Waals surface area contributed by atoms with Crippen LogP contribution in [-0.2, 0) is 0 Å². The summed E-state index contributed by atoms with van der Waals surface area (Å²) in [7, 11) is 0. The number of hydrogen-bond acceptors (Lipinski definition) is 1. The molecule has 2 heteroatoms. The average molecular weight is 414 g/mol. The number of pyridine rings is 1. The molecule has 32 heavy (non-hydrogen) atoms. The van der Waals surface area contributed by atoms with E-state index in [2.05, 4.69) is 36.4 Å². The van der Waals surface area contributed by atoms with Crippen molar-refractivity contribution in [2.24, 2.45) is 0 Å². The van der Waals surface area contributed by atoms with Crippen LogP contribution >= 0.6 is 0 Å². The van der Waals surface area contributed by atoms with Crippen LogP contribution in [0.4, 0.5) is 0 Å². The van der Waals surface area contributed by atoms with E-state index in [0.29, 0.717) is 0 Å². The van der Waals surface area contributed by atoms with Crippen LogP contribution in [0.5, 0.6) is 0 Å². The van der Waals surface area contributed by atoms with Gasteiger partial charge in [0.25, 0.3) is 5.56 Å². The van der Waals surface area contributed by atoms with Crippen LogP contribution in [0.15, 0.2) is 126 Å². The van der Waals surface area contributed by atoms with Crippen LogP contribution in [0, 0.1) is 6.92 Å². The van der Waals surface area contributed by atoms with Crippen LogP contribution in [0.25, 0.3) is 39.2 Å². The summed E-state index contributed by atoms with van der Waals surface area (Å²) in [5.74, 6) is 0. The molecule has 1 heterocycles. The third-order valence-corrected chi connectivity index (χ3v) is 5.80. The minimum Gasteiger partial charge on any atom is -0.276 e. The van der Waals surface area contributed by atoms with Crippen molar-refractivity contribution >= 4 is 0 Å². The summed E-state index contributed by atoms with van der Waals surface area (Å²) in [5.41, 5.74) is 7.65. The second kappa shape index (κ2) is 8.52. The maximum absolute atomic E-state index is 13.9. The number of benzene rings is 4. The van der Waals surface area contributed by atoms with Gasteiger partial charge in [-0.3, -0.25) is 9.36 Å². The van der Waals surface area contributed by atoms with Gasteiger partial charge in [-0.05, 0) is 35.7 Å². The monoisotopic (exact) mass is 413 g/mol. The van der Waals surface area contributed by atoms with Gasteiger partial charge >= 0.3 is 0 Å². The molecule has 0 saturated heterocycles. The molecule has 5 rings (SSSR count). The molecule has 0 saturated carbocycles. The number of hydrogen-bond donors (Lipinski definition) is 0. The smallest absolute Gasteiger partial charge is 0.259 e. The molecule has 0 aliphatic carbocycles. The SMILES string of the molecule is Cc1c(-c2ccccc2)c(-c2ccccc2)c(-c2ccccc2)n(-c2ccccc2)c1=O. The fourth-order valence-corrected chi connectivity index (χ4v) is 4.34. The van der Waals surface area contributed by atoms with Crippen LogP contribution in [-0.4, -0.2) is 4.57 Å². The minimum absolute atomic E-state index is 0.00594. The fourth-order valence-electron chi connectivity index (χ4n) is 4.34. The lowest BCUT2D eigenvalue weighted by Gasteiger charge is -2.23. The van der Waals surface area contributed by atoms with E-state index in [4.69, 9.17) is 0 Å². The number of rotatable bonds is 4. The van der Waals surface area contributed by atoms with Crippen molar-refractivity contribution in [3.8, 4) is 39.2 Å². The molecule has 4 aromatic carbocycles. The molecule has 5 aromatic rings. The second-order valence-corrected chi connectivity index (χ2v) is 7.80. The van der Waals surface area contributed by atoms with E-state index in [1.54, 1.807) is 0 Å². The zero-order valence-corrected chi connectivity index (χ0v) is 17.9. The second-order valence-electron chi connectivity index (χ2n) is 7.80. The molecule has 0 amide bonds. The Kier molecular flexibility index (Phi) is 5.27. The van der Waals surface area contributed by atoms with Gasteiger partial charge in [0.05, 0.1) is 5.69 Å². The summed E-state index contributed by atoms with van der Waals surface area (Å²) in [6, 6.07) is 40.6. The maximum Gasteiger partial charge on any atom is 0.259 e. The first-order valence-corrected chi connectivity index (χ1v) is 10.8. The molecule has 0 fully saturated rings. The highest BCUT2D eigenvalue weighted by Crippen LogP contribution is 2.41. The van der Waals surface area contributed by atoms with Gasteiger partial charge in [0.2, 0.25) is 0 Å². The Morgan fingerprint density at radius 2 is 0.906 bits per heavy atom. The van der Waals surface area contributed by atoms with Crippen molar-refractivity contribution in [1.82, 2.24) is 4.57 Å². The first-order valence-electron chi connectivity index (χ1n) is 10.8. The molecule has 0 aliphatic rings. The summed E-state index contributed by atoms with van der Waals surface area (Å²) in [6.45, 7) is 1.94. The lowest BCUT2D eigenvalue weighted by Crippen LogP contribution is -2.24. The number of para-hydroxylation sites is 1. The third-order valence-electron chi connectivity index (χ3n) is 5.80. The highest BCUT2D eigenvalue weighted by atomic mass is 16.1. The van der Waals surface area contributed by atoms with E-state index < -0.39 is 0 Å².